The molecule has 1 aromatic heterocycles. The average molecular weight is 488 g/mol. The zero-order valence-electron chi connectivity index (χ0n) is 18.8. The second kappa shape index (κ2) is 10.1. The monoisotopic (exact) mass is 487 g/mol. The molecule has 1 aromatic carbocycles. The molecule has 0 N–H and O–H groups in total. The molecule has 9 heteroatoms. The molecule has 2 aromatic rings. The van der Waals surface area contributed by atoms with E-state index in [-0.39, 0.29) is 35.3 Å². The highest BCUT2D eigenvalue weighted by Gasteiger charge is 2.34. The van der Waals surface area contributed by atoms with Crippen molar-refractivity contribution in [2.75, 3.05) is 17.8 Å². The lowest BCUT2D eigenvalue weighted by Crippen LogP contribution is -2.48. The molecule has 0 bridgehead atoms. The molecule has 174 valence electrons. The first-order valence-corrected chi connectivity index (χ1v) is 12.2. The lowest BCUT2D eigenvalue weighted by molar-refractivity contribution is -0.134. The number of halogens is 1. The van der Waals surface area contributed by atoms with E-state index in [1.807, 2.05) is 4.90 Å². The summed E-state index contributed by atoms with van der Waals surface area (Å²) < 4.78 is 10.6. The van der Waals surface area contributed by atoms with Crippen LogP contribution in [0, 0.1) is 0 Å². The van der Waals surface area contributed by atoms with Crippen molar-refractivity contribution >= 4 is 52.1 Å². The van der Waals surface area contributed by atoms with Gasteiger partial charge in [0.1, 0.15) is 17.2 Å². The first kappa shape index (κ1) is 23.4. The number of rotatable bonds is 5. The molecule has 0 aliphatic carbocycles. The third-order valence-corrected chi connectivity index (χ3v) is 7.07. The van der Waals surface area contributed by atoms with E-state index in [9.17, 15) is 9.59 Å². The van der Waals surface area contributed by atoms with Crippen molar-refractivity contribution in [2.45, 2.75) is 45.2 Å². The maximum atomic E-state index is 13.3. The van der Waals surface area contributed by atoms with Gasteiger partial charge in [-0.05, 0) is 63.4 Å². The Balaban J connectivity index is 1.60. The number of hydrogen-bond donors (Lipinski definition) is 0. The smallest absolute Gasteiger partial charge is 0.283 e. The number of amidine groups is 1. The molecule has 0 unspecified atom stereocenters. The van der Waals surface area contributed by atoms with Crippen LogP contribution in [-0.2, 0) is 9.59 Å². The normalized spacial score (nSPS) is 22.1. The molecule has 33 heavy (non-hydrogen) atoms. The summed E-state index contributed by atoms with van der Waals surface area (Å²) in [6.45, 7) is 4.18. The second-order valence-corrected chi connectivity index (χ2v) is 9.47. The van der Waals surface area contributed by atoms with E-state index in [0.29, 0.717) is 27.4 Å². The first-order chi connectivity index (χ1) is 15.9. The predicted octanol–water partition coefficient (Wildman–Crippen LogP) is 5.21. The van der Waals surface area contributed by atoms with Crippen LogP contribution in [0.3, 0.4) is 0 Å². The quantitative estimate of drug-likeness (QED) is 0.541. The van der Waals surface area contributed by atoms with Gasteiger partial charge in [-0.15, -0.1) is 0 Å². The third kappa shape index (κ3) is 4.96. The number of carbonyl (C=O) groups is 2. The van der Waals surface area contributed by atoms with Crippen LogP contribution in [0.4, 0.5) is 5.69 Å². The van der Waals surface area contributed by atoms with Gasteiger partial charge in [-0.3, -0.25) is 14.5 Å². The molecule has 2 amide bonds. The fraction of sp³-hybridized carbons (Fsp3) is 0.375. The van der Waals surface area contributed by atoms with E-state index in [0.717, 1.165) is 19.3 Å². The molecule has 7 nitrogen and oxygen atoms in total. The minimum atomic E-state index is -0.317. The van der Waals surface area contributed by atoms with E-state index in [1.54, 1.807) is 36.4 Å². The van der Waals surface area contributed by atoms with Gasteiger partial charge in [-0.25, -0.2) is 4.99 Å². The first-order valence-electron chi connectivity index (χ1n) is 10.8. The molecule has 3 heterocycles. The third-order valence-electron chi connectivity index (χ3n) is 5.85. The van der Waals surface area contributed by atoms with Crippen molar-refractivity contribution < 1.29 is 18.7 Å². The molecule has 1 fully saturated rings. The number of hydrogen-bond acceptors (Lipinski definition) is 6. The lowest BCUT2D eigenvalue weighted by Gasteiger charge is -2.39. The Morgan fingerprint density at radius 3 is 2.70 bits per heavy atom. The zero-order chi connectivity index (χ0) is 23.5. The van der Waals surface area contributed by atoms with Crippen molar-refractivity contribution in [1.82, 2.24) is 4.90 Å². The summed E-state index contributed by atoms with van der Waals surface area (Å²) in [4.78, 5) is 34.3. The SMILES string of the molecule is COc1ccc(N2C(=O)/C(=C\c3ccco3)N=C2SCC(=O)N2[C@H](C)CCC[C@@H]2C)cc1Cl. The van der Waals surface area contributed by atoms with E-state index >= 15 is 0 Å². The molecule has 0 radical (unpaired) electrons. The van der Waals surface area contributed by atoms with Gasteiger partial charge >= 0.3 is 0 Å². The van der Waals surface area contributed by atoms with E-state index in [2.05, 4.69) is 18.8 Å². The fourth-order valence-corrected chi connectivity index (χ4v) is 5.37. The number of amides is 2. The Morgan fingerprint density at radius 1 is 1.30 bits per heavy atom. The highest BCUT2D eigenvalue weighted by Crippen LogP contribution is 2.35. The van der Waals surface area contributed by atoms with Gasteiger partial charge in [0.25, 0.3) is 5.91 Å². The minimum Gasteiger partial charge on any atom is -0.495 e. The number of ether oxygens (including phenoxy) is 1. The average Bonchev–Trinajstić information content (AvgIpc) is 3.40. The van der Waals surface area contributed by atoms with Gasteiger partial charge in [0, 0.05) is 18.2 Å². The van der Waals surface area contributed by atoms with Crippen LogP contribution in [0.5, 0.6) is 5.75 Å². The minimum absolute atomic E-state index is 0.0472. The fourth-order valence-electron chi connectivity index (χ4n) is 4.24. The van der Waals surface area contributed by atoms with E-state index in [1.165, 1.54) is 30.0 Å². The number of likely N-dealkylation sites (tertiary alicyclic amines) is 1. The summed E-state index contributed by atoms with van der Waals surface area (Å²) in [6.07, 6.45) is 6.27. The standard InChI is InChI=1S/C24H26ClN3O4S/c1-15-6-4-7-16(2)27(15)22(29)14-33-24-26-20(13-18-8-5-11-32-18)23(30)28(24)17-9-10-21(31-3)19(25)12-17/h5,8-13,15-16H,4,6-7,14H2,1-3H3/b20-13+/t15-,16+. The Bertz CT molecular complexity index is 1090. The number of anilines is 1. The molecular formula is C24H26ClN3O4S. The van der Waals surface area contributed by atoms with Crippen molar-refractivity contribution in [3.8, 4) is 5.75 Å². The summed E-state index contributed by atoms with van der Waals surface area (Å²) in [6, 6.07) is 9.00. The van der Waals surface area contributed by atoms with Gasteiger partial charge in [0.2, 0.25) is 5.91 Å². The van der Waals surface area contributed by atoms with Crippen LogP contribution in [0.25, 0.3) is 6.08 Å². The van der Waals surface area contributed by atoms with Crippen molar-refractivity contribution in [2.24, 2.45) is 4.99 Å². The molecular weight excluding hydrogens is 462 g/mol. The maximum absolute atomic E-state index is 13.3. The Morgan fingerprint density at radius 2 is 2.06 bits per heavy atom. The largest absolute Gasteiger partial charge is 0.495 e. The molecule has 2 aliphatic heterocycles. The number of carbonyl (C=O) groups excluding carboxylic acids is 2. The van der Waals surface area contributed by atoms with Crippen LogP contribution >= 0.6 is 23.4 Å². The highest BCUT2D eigenvalue weighted by atomic mass is 35.5. The van der Waals surface area contributed by atoms with Crippen molar-refractivity contribution in [1.29, 1.82) is 0 Å². The van der Waals surface area contributed by atoms with Crippen LogP contribution in [0.15, 0.2) is 51.7 Å². The van der Waals surface area contributed by atoms with Gasteiger partial charge in [0.15, 0.2) is 5.17 Å². The van der Waals surface area contributed by atoms with E-state index in [4.69, 9.17) is 20.8 Å². The molecule has 2 atom stereocenters. The second-order valence-electron chi connectivity index (χ2n) is 8.12. The molecule has 2 aliphatic rings. The summed E-state index contributed by atoms with van der Waals surface area (Å²) in [5, 5.41) is 0.798. The molecule has 1 saturated heterocycles. The van der Waals surface area contributed by atoms with Gasteiger partial charge in [0.05, 0.1) is 29.8 Å². The van der Waals surface area contributed by atoms with Gasteiger partial charge in [-0.1, -0.05) is 23.4 Å². The van der Waals surface area contributed by atoms with Gasteiger partial charge < -0.3 is 14.1 Å². The summed E-state index contributed by atoms with van der Waals surface area (Å²) in [5.74, 6) is 0.948. The number of furan rings is 1. The number of methoxy groups -OCH3 is 1. The van der Waals surface area contributed by atoms with Crippen LogP contribution in [-0.4, -0.2) is 46.8 Å². The lowest BCUT2D eigenvalue weighted by atomic mass is 9.98. The number of thioether (sulfide) groups is 1. The summed E-state index contributed by atoms with van der Waals surface area (Å²) in [5.41, 5.74) is 0.776. The maximum Gasteiger partial charge on any atom is 0.283 e. The van der Waals surface area contributed by atoms with Crippen LogP contribution < -0.4 is 9.64 Å². The van der Waals surface area contributed by atoms with E-state index < -0.39 is 0 Å². The van der Waals surface area contributed by atoms with Crippen molar-refractivity contribution in [3.63, 3.8) is 0 Å². The number of nitrogens with zero attached hydrogens (tertiary/aromatic N) is 3. The van der Waals surface area contributed by atoms with Crippen LogP contribution in [0.1, 0.15) is 38.9 Å². The summed E-state index contributed by atoms with van der Waals surface area (Å²) >= 11 is 7.56. The predicted molar refractivity (Wildman–Crippen MR) is 132 cm³/mol. The van der Waals surface area contributed by atoms with Crippen molar-refractivity contribution in [3.05, 3.63) is 53.1 Å². The molecule has 4 rings (SSSR count). The Labute approximate surface area is 202 Å². The zero-order valence-corrected chi connectivity index (χ0v) is 20.4. The number of benzene rings is 1. The molecule has 0 saturated carbocycles. The number of aliphatic imine (C=N–C) groups is 1. The van der Waals surface area contributed by atoms with Crippen LogP contribution in [0.2, 0.25) is 5.02 Å². The summed E-state index contributed by atoms with van der Waals surface area (Å²) in [7, 11) is 1.53. The number of piperidine rings is 1. The highest BCUT2D eigenvalue weighted by molar-refractivity contribution is 8.14. The Kier molecular flexibility index (Phi) is 7.14. The van der Waals surface area contributed by atoms with Gasteiger partial charge in [-0.2, -0.15) is 0 Å². The topological polar surface area (TPSA) is 75.3 Å². The Hall–Kier alpha value is -2.71. The molecule has 0 spiro atoms.